The number of nitrogens with one attached hydrogen (secondary N) is 1. The van der Waals surface area contributed by atoms with Crippen molar-refractivity contribution < 1.29 is 4.74 Å². The highest BCUT2D eigenvalue weighted by atomic mass is 127. The molecular weight excluding hydrogens is 401 g/mol. The van der Waals surface area contributed by atoms with Crippen molar-refractivity contribution in [3.63, 3.8) is 0 Å². The van der Waals surface area contributed by atoms with E-state index in [-0.39, 0.29) is 24.0 Å². The summed E-state index contributed by atoms with van der Waals surface area (Å²) in [6.45, 7) is 1.94. The van der Waals surface area contributed by atoms with Crippen LogP contribution >= 0.6 is 24.0 Å². The van der Waals surface area contributed by atoms with Gasteiger partial charge in [0, 0.05) is 13.7 Å². The van der Waals surface area contributed by atoms with Gasteiger partial charge in [-0.15, -0.1) is 24.0 Å². The van der Waals surface area contributed by atoms with Gasteiger partial charge in [-0.25, -0.2) is 0 Å². The molecule has 0 saturated carbocycles. The number of nitrogens with zero attached hydrogens (tertiary/aromatic N) is 1. The molecule has 2 aromatic rings. The lowest BCUT2D eigenvalue weighted by atomic mass is 10.0. The first-order valence-corrected chi connectivity index (χ1v) is 7.46. The minimum Gasteiger partial charge on any atom is -0.383 e. The maximum Gasteiger partial charge on any atom is 0.188 e. The van der Waals surface area contributed by atoms with Gasteiger partial charge in [0.05, 0.1) is 13.2 Å². The predicted molar refractivity (Wildman–Crippen MR) is 107 cm³/mol. The molecule has 4 nitrogen and oxygen atoms in total. The second kappa shape index (κ2) is 11.0. The molecule has 0 spiro atoms. The minimum atomic E-state index is 0. The van der Waals surface area contributed by atoms with E-state index in [1.165, 1.54) is 16.7 Å². The van der Waals surface area contributed by atoms with Gasteiger partial charge in [0.1, 0.15) is 0 Å². The number of aliphatic imine (C=N–C) groups is 1. The van der Waals surface area contributed by atoms with E-state index in [0.29, 0.717) is 19.1 Å². The molecule has 0 heterocycles. The highest BCUT2D eigenvalue weighted by molar-refractivity contribution is 14.0. The standard InChI is InChI=1S/C18H23N3O.HI/c1-22-14-13-21-18(19)20-12-11-15-7-9-17(10-8-15)16-5-3-2-4-6-16;/h2-10H,11-14H2,1H3,(H3,19,20,21);1H. The molecule has 0 saturated heterocycles. The third-order valence-corrected chi connectivity index (χ3v) is 3.36. The van der Waals surface area contributed by atoms with E-state index in [4.69, 9.17) is 10.5 Å². The van der Waals surface area contributed by atoms with E-state index in [1.54, 1.807) is 7.11 Å². The number of hydrogen-bond acceptors (Lipinski definition) is 2. The lowest BCUT2D eigenvalue weighted by Crippen LogP contribution is -2.33. The largest absolute Gasteiger partial charge is 0.383 e. The summed E-state index contributed by atoms with van der Waals surface area (Å²) in [5.74, 6) is 0.470. The van der Waals surface area contributed by atoms with Gasteiger partial charge in [0.15, 0.2) is 5.96 Å². The molecule has 2 rings (SSSR count). The Hall–Kier alpha value is -1.60. The average molecular weight is 425 g/mol. The van der Waals surface area contributed by atoms with Gasteiger partial charge in [-0.3, -0.25) is 4.99 Å². The van der Waals surface area contributed by atoms with Gasteiger partial charge in [-0.2, -0.15) is 0 Å². The van der Waals surface area contributed by atoms with Crippen molar-refractivity contribution in [1.82, 2.24) is 5.32 Å². The summed E-state index contributed by atoms with van der Waals surface area (Å²) in [5.41, 5.74) is 9.51. The molecular formula is C18H24IN3O. The normalized spacial score (nSPS) is 10.9. The van der Waals surface area contributed by atoms with E-state index in [9.17, 15) is 0 Å². The molecule has 0 aromatic heterocycles. The van der Waals surface area contributed by atoms with E-state index in [1.807, 2.05) is 6.07 Å². The Morgan fingerprint density at radius 1 is 1.04 bits per heavy atom. The molecule has 0 atom stereocenters. The molecule has 0 amide bonds. The topological polar surface area (TPSA) is 59.6 Å². The Morgan fingerprint density at radius 3 is 2.35 bits per heavy atom. The van der Waals surface area contributed by atoms with Gasteiger partial charge in [-0.1, -0.05) is 54.6 Å². The fourth-order valence-corrected chi connectivity index (χ4v) is 2.14. The zero-order chi connectivity index (χ0) is 15.6. The highest BCUT2D eigenvalue weighted by Gasteiger charge is 1.98. The van der Waals surface area contributed by atoms with Gasteiger partial charge >= 0.3 is 0 Å². The van der Waals surface area contributed by atoms with Crippen molar-refractivity contribution in [1.29, 1.82) is 0 Å². The van der Waals surface area contributed by atoms with Crippen LogP contribution in [0.25, 0.3) is 11.1 Å². The van der Waals surface area contributed by atoms with Crippen LogP contribution in [0.1, 0.15) is 5.56 Å². The third kappa shape index (κ3) is 7.00. The molecule has 2 aromatic carbocycles. The lowest BCUT2D eigenvalue weighted by molar-refractivity contribution is 0.208. The third-order valence-electron chi connectivity index (χ3n) is 3.36. The van der Waals surface area contributed by atoms with Gasteiger partial charge in [-0.05, 0) is 23.1 Å². The van der Waals surface area contributed by atoms with Crippen LogP contribution in [-0.2, 0) is 11.2 Å². The maximum atomic E-state index is 5.76. The molecule has 5 heteroatoms. The van der Waals surface area contributed by atoms with Crippen LogP contribution in [0.5, 0.6) is 0 Å². The molecule has 0 aliphatic carbocycles. The summed E-state index contributed by atoms with van der Waals surface area (Å²) in [4.78, 5) is 4.16. The average Bonchev–Trinajstić information content (AvgIpc) is 2.57. The van der Waals surface area contributed by atoms with Crippen LogP contribution in [0.4, 0.5) is 0 Å². The second-order valence-electron chi connectivity index (χ2n) is 5.00. The second-order valence-corrected chi connectivity index (χ2v) is 5.00. The zero-order valence-electron chi connectivity index (χ0n) is 13.4. The number of methoxy groups -OCH3 is 1. The smallest absolute Gasteiger partial charge is 0.188 e. The molecule has 0 aliphatic heterocycles. The van der Waals surface area contributed by atoms with Crippen molar-refractivity contribution >= 4 is 29.9 Å². The highest BCUT2D eigenvalue weighted by Crippen LogP contribution is 2.19. The summed E-state index contributed by atoms with van der Waals surface area (Å²) in [7, 11) is 1.65. The van der Waals surface area contributed by atoms with Crippen molar-refractivity contribution in [2.45, 2.75) is 6.42 Å². The Bertz CT molecular complexity index is 585. The van der Waals surface area contributed by atoms with E-state index in [2.05, 4.69) is 58.8 Å². The Balaban J connectivity index is 0.00000264. The number of rotatable bonds is 7. The summed E-state index contributed by atoms with van der Waals surface area (Å²) >= 11 is 0. The maximum absolute atomic E-state index is 5.76. The molecule has 0 radical (unpaired) electrons. The van der Waals surface area contributed by atoms with Crippen molar-refractivity contribution in [3.8, 4) is 11.1 Å². The fraction of sp³-hybridized carbons (Fsp3) is 0.278. The number of nitrogens with two attached hydrogens (primary N) is 1. The number of benzene rings is 2. The van der Waals surface area contributed by atoms with Crippen molar-refractivity contribution in [3.05, 3.63) is 60.2 Å². The minimum absolute atomic E-state index is 0. The quantitative estimate of drug-likeness (QED) is 0.310. The van der Waals surface area contributed by atoms with Crippen molar-refractivity contribution in [2.24, 2.45) is 10.7 Å². The van der Waals surface area contributed by atoms with Crippen molar-refractivity contribution in [2.75, 3.05) is 26.8 Å². The predicted octanol–water partition coefficient (Wildman–Crippen LogP) is 3.06. The van der Waals surface area contributed by atoms with Crippen LogP contribution in [0, 0.1) is 0 Å². The Kier molecular flexibility index (Phi) is 9.31. The van der Waals surface area contributed by atoms with Crippen LogP contribution in [0.15, 0.2) is 59.6 Å². The number of guanidine groups is 1. The van der Waals surface area contributed by atoms with Crippen LogP contribution in [0.2, 0.25) is 0 Å². The van der Waals surface area contributed by atoms with Crippen LogP contribution in [-0.4, -0.2) is 32.8 Å². The van der Waals surface area contributed by atoms with E-state index >= 15 is 0 Å². The number of hydrogen-bond donors (Lipinski definition) is 2. The molecule has 0 unspecified atom stereocenters. The molecule has 23 heavy (non-hydrogen) atoms. The SMILES string of the molecule is COCCN=C(N)NCCc1ccc(-c2ccccc2)cc1.I. The van der Waals surface area contributed by atoms with Gasteiger partial charge in [0.2, 0.25) is 0 Å². The molecule has 124 valence electrons. The van der Waals surface area contributed by atoms with Crippen LogP contribution in [0.3, 0.4) is 0 Å². The van der Waals surface area contributed by atoms with Gasteiger partial charge < -0.3 is 15.8 Å². The number of ether oxygens (including phenoxy) is 1. The zero-order valence-corrected chi connectivity index (χ0v) is 15.7. The molecule has 0 bridgehead atoms. The fourth-order valence-electron chi connectivity index (χ4n) is 2.14. The first-order valence-electron chi connectivity index (χ1n) is 7.46. The summed E-state index contributed by atoms with van der Waals surface area (Å²) < 4.78 is 4.92. The summed E-state index contributed by atoms with van der Waals surface area (Å²) in [6, 6.07) is 19.0. The lowest BCUT2D eigenvalue weighted by Gasteiger charge is -2.07. The monoisotopic (exact) mass is 425 g/mol. The molecule has 0 aliphatic rings. The Labute approximate surface area is 155 Å². The summed E-state index contributed by atoms with van der Waals surface area (Å²) in [5, 5.41) is 3.11. The molecule has 0 fully saturated rings. The summed E-state index contributed by atoms with van der Waals surface area (Å²) in [6.07, 6.45) is 0.912. The number of halogens is 1. The first-order chi connectivity index (χ1) is 10.8. The van der Waals surface area contributed by atoms with Gasteiger partial charge in [0.25, 0.3) is 0 Å². The van der Waals surface area contributed by atoms with Crippen LogP contribution < -0.4 is 11.1 Å². The first kappa shape index (κ1) is 19.4. The Morgan fingerprint density at radius 2 is 1.70 bits per heavy atom. The molecule has 3 N–H and O–H groups in total. The van der Waals surface area contributed by atoms with E-state index < -0.39 is 0 Å². The van der Waals surface area contributed by atoms with E-state index in [0.717, 1.165) is 13.0 Å².